The first-order chi connectivity index (χ1) is 10.3. The molecular formula is C18H17BrN2. The zero-order valence-electron chi connectivity index (χ0n) is 11.9. The highest BCUT2D eigenvalue weighted by Crippen LogP contribution is 2.27. The van der Waals surface area contributed by atoms with E-state index < -0.39 is 0 Å². The quantitative estimate of drug-likeness (QED) is 0.756. The summed E-state index contributed by atoms with van der Waals surface area (Å²) in [5.41, 5.74) is 2.39. The third-order valence-electron chi connectivity index (χ3n) is 3.76. The van der Waals surface area contributed by atoms with Crippen LogP contribution >= 0.6 is 15.9 Å². The summed E-state index contributed by atoms with van der Waals surface area (Å²) in [5, 5.41) is 5.85. The second-order valence-corrected chi connectivity index (χ2v) is 5.91. The number of likely N-dealkylation sites (N-methyl/N-ethyl adjacent to an activating group) is 1. The molecule has 0 saturated heterocycles. The highest BCUT2D eigenvalue weighted by Gasteiger charge is 2.15. The number of halogens is 1. The Hall–Kier alpha value is -1.71. The summed E-state index contributed by atoms with van der Waals surface area (Å²) < 4.78 is 1.14. The maximum Gasteiger partial charge on any atom is 0.0654 e. The molecule has 3 rings (SSSR count). The predicted molar refractivity (Wildman–Crippen MR) is 91.4 cm³/mol. The summed E-state index contributed by atoms with van der Waals surface area (Å²) in [7, 11) is 1.99. The highest BCUT2D eigenvalue weighted by molar-refractivity contribution is 9.10. The van der Waals surface area contributed by atoms with E-state index in [1.165, 1.54) is 16.3 Å². The van der Waals surface area contributed by atoms with E-state index in [9.17, 15) is 0 Å². The number of nitrogens with zero attached hydrogens (tertiary/aromatic N) is 1. The van der Waals surface area contributed by atoms with Gasteiger partial charge < -0.3 is 5.32 Å². The average molecular weight is 341 g/mol. The largest absolute Gasteiger partial charge is 0.311 e. The summed E-state index contributed by atoms with van der Waals surface area (Å²) in [6.45, 7) is 0. The zero-order valence-corrected chi connectivity index (χ0v) is 13.5. The molecule has 1 N–H and O–H groups in total. The van der Waals surface area contributed by atoms with Crippen LogP contribution in [0.4, 0.5) is 0 Å². The molecule has 2 nitrogen and oxygen atoms in total. The van der Waals surface area contributed by atoms with Gasteiger partial charge in [-0.2, -0.15) is 0 Å². The van der Waals surface area contributed by atoms with Gasteiger partial charge in [0.2, 0.25) is 0 Å². The van der Waals surface area contributed by atoms with E-state index in [-0.39, 0.29) is 6.04 Å². The van der Waals surface area contributed by atoms with E-state index in [1.807, 2.05) is 19.3 Å². The van der Waals surface area contributed by atoms with Crippen molar-refractivity contribution in [1.29, 1.82) is 0 Å². The molecule has 0 fully saturated rings. The van der Waals surface area contributed by atoms with Crippen LogP contribution in [0.5, 0.6) is 0 Å². The molecule has 2 aromatic carbocycles. The fraction of sp³-hybridized carbons (Fsp3) is 0.167. The second kappa shape index (κ2) is 6.37. The minimum absolute atomic E-state index is 0.190. The monoisotopic (exact) mass is 340 g/mol. The lowest BCUT2D eigenvalue weighted by Gasteiger charge is -2.18. The lowest BCUT2D eigenvalue weighted by Crippen LogP contribution is -2.20. The molecule has 1 atom stereocenters. The van der Waals surface area contributed by atoms with Crippen molar-refractivity contribution in [2.45, 2.75) is 12.5 Å². The first-order valence-corrected chi connectivity index (χ1v) is 7.83. The molecule has 0 saturated carbocycles. The van der Waals surface area contributed by atoms with Gasteiger partial charge in [0.25, 0.3) is 0 Å². The number of aromatic nitrogens is 1. The second-order valence-electron chi connectivity index (χ2n) is 5.05. The highest BCUT2D eigenvalue weighted by atomic mass is 79.9. The van der Waals surface area contributed by atoms with E-state index in [1.54, 1.807) is 0 Å². The minimum atomic E-state index is 0.190. The van der Waals surface area contributed by atoms with Gasteiger partial charge in [-0.3, -0.25) is 4.98 Å². The molecule has 3 aromatic rings. The fourth-order valence-corrected chi connectivity index (χ4v) is 3.09. The first-order valence-electron chi connectivity index (χ1n) is 7.04. The van der Waals surface area contributed by atoms with Gasteiger partial charge in [-0.1, -0.05) is 58.4 Å². The number of nitrogens with one attached hydrogen (secondary N) is 1. The van der Waals surface area contributed by atoms with Crippen molar-refractivity contribution >= 4 is 26.7 Å². The standard InChI is InChI=1S/C18H17BrN2/c1-20-17(12-14-7-3-5-9-16(14)19)18-15-8-4-2-6-13(15)10-11-21-18/h2-11,17,20H,12H2,1H3. The van der Waals surface area contributed by atoms with E-state index in [2.05, 4.69) is 74.8 Å². The minimum Gasteiger partial charge on any atom is -0.311 e. The molecule has 0 amide bonds. The van der Waals surface area contributed by atoms with Crippen LogP contribution in [-0.2, 0) is 6.42 Å². The van der Waals surface area contributed by atoms with Gasteiger partial charge in [-0.05, 0) is 36.6 Å². The average Bonchev–Trinajstić information content (AvgIpc) is 2.54. The van der Waals surface area contributed by atoms with Crippen molar-refractivity contribution in [2.75, 3.05) is 7.05 Å². The lowest BCUT2D eigenvalue weighted by atomic mass is 9.99. The van der Waals surface area contributed by atoms with Crippen LogP contribution in [0.25, 0.3) is 10.8 Å². The smallest absolute Gasteiger partial charge is 0.0654 e. The Balaban J connectivity index is 2.01. The van der Waals surface area contributed by atoms with Crippen LogP contribution in [0.2, 0.25) is 0 Å². The number of hydrogen-bond donors (Lipinski definition) is 1. The van der Waals surface area contributed by atoms with Crippen LogP contribution in [0, 0.1) is 0 Å². The number of rotatable bonds is 4. The van der Waals surface area contributed by atoms with E-state index in [0.29, 0.717) is 0 Å². The molecule has 0 radical (unpaired) electrons. The molecule has 1 heterocycles. The van der Waals surface area contributed by atoms with Crippen LogP contribution in [0.3, 0.4) is 0 Å². The van der Waals surface area contributed by atoms with Crippen LogP contribution in [0.15, 0.2) is 65.3 Å². The molecule has 0 spiro atoms. The van der Waals surface area contributed by atoms with Crippen molar-refractivity contribution in [3.63, 3.8) is 0 Å². The number of fused-ring (bicyclic) bond motifs is 1. The zero-order chi connectivity index (χ0) is 14.7. The Bertz CT molecular complexity index is 750. The summed E-state index contributed by atoms with van der Waals surface area (Å²) in [4.78, 5) is 4.63. The SMILES string of the molecule is CNC(Cc1ccccc1Br)c1nccc2ccccc12. The molecule has 3 heteroatoms. The van der Waals surface area contributed by atoms with Gasteiger partial charge in [0.05, 0.1) is 11.7 Å². The fourth-order valence-electron chi connectivity index (χ4n) is 2.64. The molecule has 0 bridgehead atoms. The van der Waals surface area contributed by atoms with Crippen LogP contribution in [-0.4, -0.2) is 12.0 Å². The first kappa shape index (κ1) is 14.2. The molecule has 0 aliphatic rings. The van der Waals surface area contributed by atoms with E-state index in [4.69, 9.17) is 0 Å². The van der Waals surface area contributed by atoms with Gasteiger partial charge in [0.15, 0.2) is 0 Å². The normalized spacial score (nSPS) is 12.5. The van der Waals surface area contributed by atoms with Crippen molar-refractivity contribution < 1.29 is 0 Å². The molecule has 1 unspecified atom stereocenters. The Morgan fingerprint density at radius 2 is 1.81 bits per heavy atom. The van der Waals surface area contributed by atoms with Gasteiger partial charge in [0, 0.05) is 16.1 Å². The number of pyridine rings is 1. The molecule has 1 aromatic heterocycles. The van der Waals surface area contributed by atoms with Crippen molar-refractivity contribution in [2.24, 2.45) is 0 Å². The van der Waals surface area contributed by atoms with Gasteiger partial charge in [-0.15, -0.1) is 0 Å². The van der Waals surface area contributed by atoms with Gasteiger partial charge in [0.1, 0.15) is 0 Å². The van der Waals surface area contributed by atoms with Gasteiger partial charge in [-0.25, -0.2) is 0 Å². The summed E-state index contributed by atoms with van der Waals surface area (Å²) in [6, 6.07) is 19.0. The Morgan fingerprint density at radius 3 is 2.62 bits per heavy atom. The maximum atomic E-state index is 4.63. The molecule has 0 aliphatic carbocycles. The third kappa shape index (κ3) is 2.99. The van der Waals surface area contributed by atoms with Crippen molar-refractivity contribution in [1.82, 2.24) is 10.3 Å². The Morgan fingerprint density at radius 1 is 1.05 bits per heavy atom. The summed E-state index contributed by atoms with van der Waals surface area (Å²) >= 11 is 3.63. The van der Waals surface area contributed by atoms with Crippen molar-refractivity contribution in [3.05, 3.63) is 76.5 Å². The Kier molecular flexibility index (Phi) is 4.32. The van der Waals surface area contributed by atoms with Crippen LogP contribution in [0.1, 0.15) is 17.3 Å². The lowest BCUT2D eigenvalue weighted by molar-refractivity contribution is 0.580. The topological polar surface area (TPSA) is 24.9 Å². The summed E-state index contributed by atoms with van der Waals surface area (Å²) in [6.07, 6.45) is 2.79. The molecular weight excluding hydrogens is 324 g/mol. The van der Waals surface area contributed by atoms with E-state index >= 15 is 0 Å². The third-order valence-corrected chi connectivity index (χ3v) is 4.54. The van der Waals surface area contributed by atoms with E-state index in [0.717, 1.165) is 16.6 Å². The molecule has 0 aliphatic heterocycles. The van der Waals surface area contributed by atoms with Crippen molar-refractivity contribution in [3.8, 4) is 0 Å². The number of hydrogen-bond acceptors (Lipinski definition) is 2. The maximum absolute atomic E-state index is 4.63. The van der Waals surface area contributed by atoms with Crippen LogP contribution < -0.4 is 5.32 Å². The molecule has 21 heavy (non-hydrogen) atoms. The summed E-state index contributed by atoms with van der Waals surface area (Å²) in [5.74, 6) is 0. The predicted octanol–water partition coefficient (Wildman–Crippen LogP) is 4.50. The molecule has 106 valence electrons. The number of benzene rings is 2. The Labute approximate surface area is 133 Å². The van der Waals surface area contributed by atoms with Gasteiger partial charge >= 0.3 is 0 Å².